The molecule has 0 unspecified atom stereocenters. The highest BCUT2D eigenvalue weighted by atomic mass is 16.5. The van der Waals surface area contributed by atoms with Crippen molar-refractivity contribution in [1.82, 2.24) is 4.98 Å². The number of aromatic amines is 1. The van der Waals surface area contributed by atoms with E-state index in [9.17, 15) is 0 Å². The fraction of sp³-hybridized carbons (Fsp3) is 0. The molecule has 0 saturated carbocycles. The van der Waals surface area contributed by atoms with Crippen molar-refractivity contribution >= 4 is 0 Å². The van der Waals surface area contributed by atoms with E-state index in [0.29, 0.717) is 0 Å². The summed E-state index contributed by atoms with van der Waals surface area (Å²) >= 11 is 0. The lowest BCUT2D eigenvalue weighted by Crippen LogP contribution is -1.74. The van der Waals surface area contributed by atoms with Crippen LogP contribution in [0.1, 0.15) is 0 Å². The minimum Gasteiger partial charge on any atom is -0.466 e. The first-order chi connectivity index (χ1) is 5.50. The second-order valence-corrected chi connectivity index (χ2v) is 1.70. The molecule has 0 saturated heterocycles. The lowest BCUT2D eigenvalue weighted by atomic mass is 10.7. The summed E-state index contributed by atoms with van der Waals surface area (Å²) in [4.78, 5) is 2.86. The van der Waals surface area contributed by atoms with Crippen LogP contribution in [0.3, 0.4) is 0 Å². The van der Waals surface area contributed by atoms with E-state index in [4.69, 9.17) is 0 Å². The molecule has 2 rings (SSSR count). The molecule has 0 aromatic carbocycles. The molecule has 0 spiro atoms. The smallest absolute Gasteiger partial charge is 0.125 e. The van der Waals surface area contributed by atoms with Crippen LogP contribution in [0.5, 0.6) is 0 Å². The van der Waals surface area contributed by atoms with Crippen molar-refractivity contribution in [2.24, 2.45) is 0 Å². The Balaban J connectivity index is 0.000000112. The Kier molecular flexibility index (Phi) is 3.51. The lowest BCUT2D eigenvalue weighted by molar-refractivity contribution is 0.290. The van der Waals surface area contributed by atoms with Crippen molar-refractivity contribution in [3.8, 4) is 0 Å². The Labute approximate surface area is 64.9 Å². The van der Waals surface area contributed by atoms with Gasteiger partial charge in [-0.3, -0.25) is 0 Å². The van der Waals surface area contributed by atoms with Gasteiger partial charge in [0, 0.05) is 12.4 Å². The third-order valence-corrected chi connectivity index (χ3v) is 0.921. The topological polar surface area (TPSA) is 34.2 Å². The predicted molar refractivity (Wildman–Crippen MR) is 41.2 cm³/mol. The van der Waals surface area contributed by atoms with E-state index in [1.54, 1.807) is 0 Å². The molecule has 1 N–H and O–H groups in total. The van der Waals surface area contributed by atoms with Crippen molar-refractivity contribution < 1.29 is 9.47 Å². The van der Waals surface area contributed by atoms with Crippen molar-refractivity contribution in [1.29, 1.82) is 0 Å². The highest BCUT2D eigenvalue weighted by Crippen LogP contribution is 1.89. The summed E-state index contributed by atoms with van der Waals surface area (Å²) in [5.74, 6) is 0. The summed E-state index contributed by atoms with van der Waals surface area (Å²) < 4.78 is 9.17. The highest BCUT2D eigenvalue weighted by molar-refractivity contribution is 4.84. The number of ether oxygens (including phenoxy) is 2. The average Bonchev–Trinajstić information content (AvgIpc) is 2.64. The third-order valence-electron chi connectivity index (χ3n) is 0.921. The molecule has 3 heteroatoms. The van der Waals surface area contributed by atoms with Gasteiger partial charge in [0.05, 0.1) is 0 Å². The minimum absolute atomic E-state index is 1.46. The fourth-order valence-corrected chi connectivity index (χ4v) is 0.497. The van der Waals surface area contributed by atoms with Crippen LogP contribution >= 0.6 is 0 Å². The largest absolute Gasteiger partial charge is 0.466 e. The number of rotatable bonds is 0. The first-order valence-corrected chi connectivity index (χ1v) is 3.19. The first-order valence-electron chi connectivity index (χ1n) is 3.19. The second kappa shape index (κ2) is 5.17. The Morgan fingerprint density at radius 2 is 1.18 bits per heavy atom. The molecule has 58 valence electrons. The zero-order valence-electron chi connectivity index (χ0n) is 5.94. The molecule has 3 nitrogen and oxygen atoms in total. The minimum atomic E-state index is 1.46. The summed E-state index contributed by atoms with van der Waals surface area (Å²) in [5.41, 5.74) is 0. The van der Waals surface area contributed by atoms with Gasteiger partial charge in [0.1, 0.15) is 25.0 Å². The molecule has 0 radical (unpaired) electrons. The monoisotopic (exact) mass is 151 g/mol. The fourth-order valence-electron chi connectivity index (χ4n) is 0.497. The molecule has 0 amide bonds. The Morgan fingerprint density at radius 3 is 1.36 bits per heavy atom. The van der Waals surface area contributed by atoms with Crippen LogP contribution in [0.15, 0.2) is 49.6 Å². The summed E-state index contributed by atoms with van der Waals surface area (Å²) in [6.45, 7) is 0. The highest BCUT2D eigenvalue weighted by Gasteiger charge is 1.74. The van der Waals surface area contributed by atoms with Crippen molar-refractivity contribution in [2.75, 3.05) is 0 Å². The van der Waals surface area contributed by atoms with Gasteiger partial charge >= 0.3 is 0 Å². The third kappa shape index (κ3) is 3.86. The van der Waals surface area contributed by atoms with Crippen LogP contribution < -0.4 is 0 Å². The van der Waals surface area contributed by atoms with Gasteiger partial charge in [-0.2, -0.15) is 0 Å². The van der Waals surface area contributed by atoms with Crippen LogP contribution in [-0.4, -0.2) is 4.98 Å². The Morgan fingerprint density at radius 1 is 0.727 bits per heavy atom. The molecule has 0 fully saturated rings. The molecule has 1 aliphatic heterocycles. The number of H-pyrrole nitrogens is 1. The summed E-state index contributed by atoms with van der Waals surface area (Å²) in [7, 11) is 0. The number of nitrogens with one attached hydrogen (secondary N) is 1. The number of hydrogen-bond acceptors (Lipinski definition) is 2. The number of hydrogen-bond donors (Lipinski definition) is 1. The van der Waals surface area contributed by atoms with Crippen LogP contribution in [0, 0.1) is 0 Å². The Hall–Kier alpha value is -1.64. The van der Waals surface area contributed by atoms with E-state index in [1.165, 1.54) is 25.0 Å². The van der Waals surface area contributed by atoms with Crippen LogP contribution in [0.4, 0.5) is 0 Å². The van der Waals surface area contributed by atoms with Gasteiger partial charge < -0.3 is 14.5 Å². The van der Waals surface area contributed by atoms with Gasteiger partial charge in [-0.25, -0.2) is 0 Å². The summed E-state index contributed by atoms with van der Waals surface area (Å²) in [6.07, 6.45) is 9.58. The Bertz CT molecular complexity index is 177. The van der Waals surface area contributed by atoms with Gasteiger partial charge in [-0.15, -0.1) is 0 Å². The van der Waals surface area contributed by atoms with Crippen LogP contribution in [0.2, 0.25) is 0 Å². The molecule has 0 atom stereocenters. The molecule has 1 aliphatic rings. The molecule has 0 bridgehead atoms. The molecule has 1 aromatic rings. The SMILES string of the molecule is C1=COC=CO1.c1cc[nH]c1. The molecule has 2 heterocycles. The lowest BCUT2D eigenvalue weighted by Gasteiger charge is -1.94. The summed E-state index contributed by atoms with van der Waals surface area (Å²) in [5, 5.41) is 0. The molecule has 11 heavy (non-hydrogen) atoms. The quantitative estimate of drug-likeness (QED) is 0.615. The zero-order chi connectivity index (χ0) is 7.78. The standard InChI is InChI=1S/C4H5N.C4H4O2/c1-2-4-5-3-1;1-2-6-4-3-5-1/h1-5H;1-4H. The van der Waals surface area contributed by atoms with Gasteiger partial charge in [-0.05, 0) is 12.1 Å². The van der Waals surface area contributed by atoms with Crippen molar-refractivity contribution in [2.45, 2.75) is 0 Å². The van der Waals surface area contributed by atoms with Crippen molar-refractivity contribution in [3.63, 3.8) is 0 Å². The van der Waals surface area contributed by atoms with E-state index < -0.39 is 0 Å². The van der Waals surface area contributed by atoms with Crippen LogP contribution in [0.25, 0.3) is 0 Å². The molecular weight excluding hydrogens is 142 g/mol. The zero-order valence-corrected chi connectivity index (χ0v) is 5.94. The van der Waals surface area contributed by atoms with Crippen LogP contribution in [-0.2, 0) is 9.47 Å². The average molecular weight is 151 g/mol. The second-order valence-electron chi connectivity index (χ2n) is 1.70. The maximum Gasteiger partial charge on any atom is 0.125 e. The van der Waals surface area contributed by atoms with Gasteiger partial charge in [0.15, 0.2) is 0 Å². The summed E-state index contributed by atoms with van der Waals surface area (Å²) in [6, 6.07) is 3.89. The van der Waals surface area contributed by atoms with Crippen molar-refractivity contribution in [3.05, 3.63) is 49.6 Å². The molecule has 0 aliphatic carbocycles. The van der Waals surface area contributed by atoms with E-state index in [1.807, 2.05) is 24.5 Å². The van der Waals surface area contributed by atoms with E-state index in [-0.39, 0.29) is 0 Å². The maximum atomic E-state index is 4.58. The molecule has 1 aromatic heterocycles. The van der Waals surface area contributed by atoms with E-state index in [2.05, 4.69) is 14.5 Å². The van der Waals surface area contributed by atoms with Gasteiger partial charge in [-0.1, -0.05) is 0 Å². The van der Waals surface area contributed by atoms with E-state index in [0.717, 1.165) is 0 Å². The van der Waals surface area contributed by atoms with Gasteiger partial charge in [0.2, 0.25) is 0 Å². The maximum absolute atomic E-state index is 4.58. The normalized spacial score (nSPS) is 12.4. The van der Waals surface area contributed by atoms with Gasteiger partial charge in [0.25, 0.3) is 0 Å². The predicted octanol–water partition coefficient (Wildman–Crippen LogP) is 1.99. The first kappa shape index (κ1) is 7.47. The van der Waals surface area contributed by atoms with E-state index >= 15 is 0 Å². The number of aromatic nitrogens is 1. The molecular formula is C8H9NO2.